The second-order valence-electron chi connectivity index (χ2n) is 5.31. The molecule has 0 unspecified atom stereocenters. The molecule has 22 heavy (non-hydrogen) atoms. The maximum absolute atomic E-state index is 12.5. The number of hydrogen-bond donors (Lipinski definition) is 0. The molecule has 4 nitrogen and oxygen atoms in total. The van der Waals surface area contributed by atoms with Crippen molar-refractivity contribution < 1.29 is 4.79 Å². The van der Waals surface area contributed by atoms with Crippen molar-refractivity contribution >= 4 is 22.9 Å². The van der Waals surface area contributed by atoms with Crippen LogP contribution in [0.4, 0.5) is 5.69 Å². The van der Waals surface area contributed by atoms with Crippen molar-refractivity contribution in [3.8, 4) is 0 Å². The molecular formula is C17H23N3OS. The number of aryl methyl sites for hydroxylation is 1. The largest absolute Gasteiger partial charge is 0.375 e. The first kappa shape index (κ1) is 16.5. The van der Waals surface area contributed by atoms with E-state index >= 15 is 0 Å². The van der Waals surface area contributed by atoms with Crippen LogP contribution in [0.1, 0.15) is 34.9 Å². The van der Waals surface area contributed by atoms with Crippen molar-refractivity contribution in [2.45, 2.75) is 26.8 Å². The molecule has 2 aromatic rings. The fraction of sp³-hybridized carbons (Fsp3) is 0.412. The predicted octanol–water partition coefficient (Wildman–Crippen LogP) is 3.43. The van der Waals surface area contributed by atoms with Gasteiger partial charge in [0.15, 0.2) is 0 Å². The summed E-state index contributed by atoms with van der Waals surface area (Å²) in [5.74, 6) is 0.0248. The Balaban J connectivity index is 2.03. The van der Waals surface area contributed by atoms with E-state index in [0.29, 0.717) is 12.1 Å². The SMILES string of the molecule is CCc1nc(CN(C)C(=O)c2ccc(N(C)CC)cc2)cs1. The quantitative estimate of drug-likeness (QED) is 0.819. The van der Waals surface area contributed by atoms with Gasteiger partial charge in [-0.1, -0.05) is 6.92 Å². The van der Waals surface area contributed by atoms with Gasteiger partial charge in [0.25, 0.3) is 5.91 Å². The number of amides is 1. The van der Waals surface area contributed by atoms with E-state index in [2.05, 4.69) is 23.7 Å². The lowest BCUT2D eigenvalue weighted by Crippen LogP contribution is -2.26. The van der Waals surface area contributed by atoms with E-state index in [0.717, 1.165) is 29.4 Å². The molecule has 1 heterocycles. The molecular weight excluding hydrogens is 294 g/mol. The number of thiazole rings is 1. The van der Waals surface area contributed by atoms with Crippen molar-refractivity contribution in [3.63, 3.8) is 0 Å². The van der Waals surface area contributed by atoms with Gasteiger partial charge in [-0.25, -0.2) is 4.98 Å². The minimum absolute atomic E-state index is 0.0248. The number of nitrogens with zero attached hydrogens (tertiary/aromatic N) is 3. The number of carbonyl (C=O) groups is 1. The zero-order valence-corrected chi connectivity index (χ0v) is 14.5. The van der Waals surface area contributed by atoms with Crippen LogP contribution >= 0.6 is 11.3 Å². The monoisotopic (exact) mass is 317 g/mol. The van der Waals surface area contributed by atoms with Crippen LogP contribution in [0, 0.1) is 0 Å². The molecule has 0 bridgehead atoms. The third kappa shape index (κ3) is 3.85. The van der Waals surface area contributed by atoms with Crippen LogP contribution in [0.25, 0.3) is 0 Å². The zero-order valence-electron chi connectivity index (χ0n) is 13.7. The summed E-state index contributed by atoms with van der Waals surface area (Å²) in [6.45, 7) is 5.68. The average molecular weight is 317 g/mol. The smallest absolute Gasteiger partial charge is 0.253 e. The van der Waals surface area contributed by atoms with Crippen molar-refractivity contribution in [2.24, 2.45) is 0 Å². The van der Waals surface area contributed by atoms with E-state index in [9.17, 15) is 4.79 Å². The van der Waals surface area contributed by atoms with E-state index in [4.69, 9.17) is 0 Å². The van der Waals surface area contributed by atoms with Crippen molar-refractivity contribution in [1.29, 1.82) is 0 Å². The zero-order chi connectivity index (χ0) is 16.1. The van der Waals surface area contributed by atoms with Crippen LogP contribution in [0.15, 0.2) is 29.6 Å². The molecule has 0 aliphatic rings. The molecule has 0 aliphatic heterocycles. The number of anilines is 1. The van der Waals surface area contributed by atoms with Gasteiger partial charge < -0.3 is 9.80 Å². The van der Waals surface area contributed by atoms with Crippen molar-refractivity contribution in [3.05, 3.63) is 45.9 Å². The number of carbonyl (C=O) groups excluding carboxylic acids is 1. The maximum Gasteiger partial charge on any atom is 0.253 e. The summed E-state index contributed by atoms with van der Waals surface area (Å²) in [6.07, 6.45) is 0.939. The topological polar surface area (TPSA) is 36.4 Å². The molecule has 0 spiro atoms. The van der Waals surface area contributed by atoms with Gasteiger partial charge in [-0.3, -0.25) is 4.79 Å². The minimum Gasteiger partial charge on any atom is -0.375 e. The first-order chi connectivity index (χ1) is 10.5. The Morgan fingerprint density at radius 1 is 1.18 bits per heavy atom. The molecule has 1 aromatic heterocycles. The average Bonchev–Trinajstić information content (AvgIpc) is 3.01. The van der Waals surface area contributed by atoms with Crippen molar-refractivity contribution in [2.75, 3.05) is 25.5 Å². The Morgan fingerprint density at radius 2 is 1.86 bits per heavy atom. The molecule has 0 atom stereocenters. The minimum atomic E-state index is 0.0248. The van der Waals surface area contributed by atoms with Gasteiger partial charge >= 0.3 is 0 Å². The summed E-state index contributed by atoms with van der Waals surface area (Å²) in [5, 5.41) is 3.14. The first-order valence-corrected chi connectivity index (χ1v) is 8.43. The van der Waals surface area contributed by atoms with E-state index in [-0.39, 0.29) is 5.91 Å². The molecule has 118 valence electrons. The Morgan fingerprint density at radius 3 is 2.41 bits per heavy atom. The van der Waals surface area contributed by atoms with Crippen LogP contribution in [-0.2, 0) is 13.0 Å². The number of benzene rings is 1. The van der Waals surface area contributed by atoms with Gasteiger partial charge in [0.1, 0.15) is 0 Å². The summed E-state index contributed by atoms with van der Waals surface area (Å²) in [6, 6.07) is 7.75. The number of aromatic nitrogens is 1. The first-order valence-electron chi connectivity index (χ1n) is 7.55. The number of rotatable bonds is 6. The predicted molar refractivity (Wildman–Crippen MR) is 92.7 cm³/mol. The van der Waals surface area contributed by atoms with Crippen LogP contribution in [-0.4, -0.2) is 36.4 Å². The summed E-state index contributed by atoms with van der Waals surface area (Å²) in [4.78, 5) is 20.8. The molecule has 0 saturated carbocycles. The van der Waals surface area contributed by atoms with E-state index < -0.39 is 0 Å². The highest BCUT2D eigenvalue weighted by atomic mass is 32.1. The Hall–Kier alpha value is -1.88. The van der Waals surface area contributed by atoms with Gasteiger partial charge in [0.2, 0.25) is 0 Å². The van der Waals surface area contributed by atoms with Crippen LogP contribution < -0.4 is 4.90 Å². The number of hydrogen-bond acceptors (Lipinski definition) is 4. The second-order valence-corrected chi connectivity index (χ2v) is 6.25. The molecule has 2 rings (SSSR count). The summed E-state index contributed by atoms with van der Waals surface area (Å²) < 4.78 is 0. The molecule has 0 aliphatic carbocycles. The molecule has 5 heteroatoms. The third-order valence-corrected chi connectivity index (χ3v) is 4.72. The summed E-state index contributed by atoms with van der Waals surface area (Å²) >= 11 is 1.65. The van der Waals surface area contributed by atoms with Gasteiger partial charge in [0, 0.05) is 37.3 Å². The fourth-order valence-electron chi connectivity index (χ4n) is 2.16. The molecule has 0 saturated heterocycles. The molecule has 0 fully saturated rings. The van der Waals surface area contributed by atoms with Crippen LogP contribution in [0.5, 0.6) is 0 Å². The Labute approximate surface area is 136 Å². The third-order valence-electron chi connectivity index (χ3n) is 3.68. The Bertz CT molecular complexity index is 621. The molecule has 1 aromatic carbocycles. The molecule has 0 radical (unpaired) electrons. The van der Waals surface area contributed by atoms with Crippen LogP contribution in [0.2, 0.25) is 0 Å². The Kier molecular flexibility index (Phi) is 5.55. The summed E-state index contributed by atoms with van der Waals surface area (Å²) in [7, 11) is 3.86. The molecule has 0 N–H and O–H groups in total. The standard InChI is InChI=1S/C17H23N3OS/c1-5-16-18-14(12-22-16)11-20(4)17(21)13-7-9-15(10-8-13)19(3)6-2/h7-10,12H,5-6,11H2,1-4H3. The lowest BCUT2D eigenvalue weighted by atomic mass is 10.1. The van der Waals surface area contributed by atoms with Crippen LogP contribution in [0.3, 0.4) is 0 Å². The lowest BCUT2D eigenvalue weighted by Gasteiger charge is -2.19. The van der Waals surface area contributed by atoms with Gasteiger partial charge in [0.05, 0.1) is 17.2 Å². The van der Waals surface area contributed by atoms with E-state index in [1.54, 1.807) is 16.2 Å². The molecule has 1 amide bonds. The van der Waals surface area contributed by atoms with Crippen molar-refractivity contribution in [1.82, 2.24) is 9.88 Å². The highest BCUT2D eigenvalue weighted by Gasteiger charge is 2.13. The highest BCUT2D eigenvalue weighted by Crippen LogP contribution is 2.16. The lowest BCUT2D eigenvalue weighted by molar-refractivity contribution is 0.0783. The summed E-state index contributed by atoms with van der Waals surface area (Å²) in [5.41, 5.74) is 2.79. The van der Waals surface area contributed by atoms with Gasteiger partial charge in [-0.05, 0) is 37.6 Å². The fourth-order valence-corrected chi connectivity index (χ4v) is 2.90. The maximum atomic E-state index is 12.5. The normalized spacial score (nSPS) is 10.5. The van der Waals surface area contributed by atoms with E-state index in [1.165, 1.54) is 0 Å². The van der Waals surface area contributed by atoms with E-state index in [1.807, 2.05) is 43.7 Å². The second kappa shape index (κ2) is 7.40. The van der Waals surface area contributed by atoms with Gasteiger partial charge in [-0.15, -0.1) is 11.3 Å². The highest BCUT2D eigenvalue weighted by molar-refractivity contribution is 7.09. The van der Waals surface area contributed by atoms with Gasteiger partial charge in [-0.2, -0.15) is 0 Å².